The quantitative estimate of drug-likeness (QED) is 0.881. The predicted molar refractivity (Wildman–Crippen MR) is 67.3 cm³/mol. The van der Waals surface area contributed by atoms with Crippen molar-refractivity contribution in [2.24, 2.45) is 7.05 Å². The molecule has 0 spiro atoms. The number of carbonyl (C=O) groups is 1. The average molecular weight is 284 g/mol. The molecule has 0 aliphatic carbocycles. The van der Waals surface area contributed by atoms with Gasteiger partial charge in [-0.25, -0.2) is 13.6 Å². The van der Waals surface area contributed by atoms with E-state index < -0.39 is 17.6 Å². The van der Waals surface area contributed by atoms with Crippen molar-refractivity contribution in [3.05, 3.63) is 35.5 Å². The Morgan fingerprint density at radius 2 is 2.05 bits per heavy atom. The molecule has 0 amide bonds. The van der Waals surface area contributed by atoms with Gasteiger partial charge in [0.15, 0.2) is 17.3 Å². The van der Waals surface area contributed by atoms with Crippen molar-refractivity contribution >= 4 is 17.7 Å². The number of hydrogen-bond donors (Lipinski definition) is 1. The lowest BCUT2D eigenvalue weighted by molar-refractivity contribution is 0.0689. The lowest BCUT2D eigenvalue weighted by atomic mass is 10.1. The zero-order valence-electron chi connectivity index (χ0n) is 10.1. The second-order valence-electron chi connectivity index (χ2n) is 3.79. The second-order valence-corrected chi connectivity index (χ2v) is 4.64. The van der Waals surface area contributed by atoms with E-state index in [-0.39, 0.29) is 21.8 Å². The van der Waals surface area contributed by atoms with Crippen LogP contribution in [0, 0.1) is 11.6 Å². The van der Waals surface area contributed by atoms with Crippen LogP contribution in [-0.2, 0) is 7.05 Å². The second kappa shape index (κ2) is 5.00. The number of benzene rings is 1. The Kier molecular flexibility index (Phi) is 3.57. The molecule has 1 N–H and O–H groups in total. The van der Waals surface area contributed by atoms with E-state index in [2.05, 4.69) is 5.10 Å². The fraction of sp³-hybridized carbons (Fsp3) is 0.167. The standard InChI is InChI=1S/C12H10F2N2O2S/c1-16-8(5-7(15-16)12(17)18)6-3-4-9(19-2)11(14)10(6)13/h3-5H,1-2H3,(H,17,18). The van der Waals surface area contributed by atoms with Crippen LogP contribution in [0.5, 0.6) is 0 Å². The van der Waals surface area contributed by atoms with Crippen LogP contribution in [0.3, 0.4) is 0 Å². The molecule has 1 aromatic heterocycles. The highest BCUT2D eigenvalue weighted by molar-refractivity contribution is 7.98. The first-order chi connectivity index (χ1) is 8.95. The zero-order valence-corrected chi connectivity index (χ0v) is 11.0. The molecule has 1 aromatic carbocycles. The molecule has 0 radical (unpaired) electrons. The number of aromatic nitrogens is 2. The number of aryl methyl sites for hydroxylation is 1. The van der Waals surface area contributed by atoms with Crippen LogP contribution >= 0.6 is 11.8 Å². The SMILES string of the molecule is CSc1ccc(-c2cc(C(=O)O)nn2C)c(F)c1F. The number of aromatic carboxylic acids is 1. The minimum absolute atomic E-state index is 0.0159. The predicted octanol–water partition coefficient (Wildman–Crippen LogP) is 2.79. The van der Waals surface area contributed by atoms with E-state index in [4.69, 9.17) is 5.11 Å². The molecule has 0 bridgehead atoms. The Hall–Kier alpha value is -1.89. The molecule has 0 atom stereocenters. The highest BCUT2D eigenvalue weighted by Gasteiger charge is 2.19. The first-order valence-electron chi connectivity index (χ1n) is 5.25. The highest BCUT2D eigenvalue weighted by Crippen LogP contribution is 2.30. The summed E-state index contributed by atoms with van der Waals surface area (Å²) in [4.78, 5) is 11.0. The maximum atomic E-state index is 13.9. The Bertz CT molecular complexity index is 655. The van der Waals surface area contributed by atoms with Crippen LogP contribution in [0.25, 0.3) is 11.3 Å². The summed E-state index contributed by atoms with van der Waals surface area (Å²) in [6, 6.07) is 4.07. The molecular formula is C12H10F2N2O2S. The Morgan fingerprint density at radius 1 is 1.37 bits per heavy atom. The van der Waals surface area contributed by atoms with E-state index in [1.54, 1.807) is 6.26 Å². The van der Waals surface area contributed by atoms with Crippen LogP contribution < -0.4 is 0 Å². The molecule has 0 aliphatic heterocycles. The maximum Gasteiger partial charge on any atom is 0.356 e. The number of hydrogen-bond acceptors (Lipinski definition) is 3. The summed E-state index contributed by atoms with van der Waals surface area (Å²) in [5.74, 6) is -3.17. The van der Waals surface area contributed by atoms with Crippen LogP contribution in [0.15, 0.2) is 23.1 Å². The normalized spacial score (nSPS) is 10.7. The zero-order chi connectivity index (χ0) is 14.2. The Labute approximate surface area is 112 Å². The summed E-state index contributed by atoms with van der Waals surface area (Å²) in [7, 11) is 1.47. The van der Waals surface area contributed by atoms with Crippen LogP contribution in [0.4, 0.5) is 8.78 Å². The van der Waals surface area contributed by atoms with Gasteiger partial charge in [-0.1, -0.05) is 0 Å². The molecule has 0 aliphatic rings. The molecule has 0 fully saturated rings. The van der Waals surface area contributed by atoms with Gasteiger partial charge >= 0.3 is 5.97 Å². The molecule has 7 heteroatoms. The van der Waals surface area contributed by atoms with Gasteiger partial charge in [0.05, 0.1) is 5.69 Å². The summed E-state index contributed by atoms with van der Waals surface area (Å²) in [5.41, 5.74) is -0.0227. The first kappa shape index (κ1) is 13.5. The van der Waals surface area contributed by atoms with Crippen molar-refractivity contribution in [2.75, 3.05) is 6.26 Å². The molecule has 0 saturated carbocycles. The van der Waals surface area contributed by atoms with E-state index >= 15 is 0 Å². The van der Waals surface area contributed by atoms with Crippen LogP contribution in [0.1, 0.15) is 10.5 Å². The molecular weight excluding hydrogens is 274 g/mol. The first-order valence-corrected chi connectivity index (χ1v) is 6.48. The van der Waals surface area contributed by atoms with E-state index in [0.717, 1.165) is 11.8 Å². The number of rotatable bonds is 3. The number of thioether (sulfide) groups is 1. The van der Waals surface area contributed by atoms with Gasteiger partial charge in [0, 0.05) is 17.5 Å². The lowest BCUT2D eigenvalue weighted by Crippen LogP contribution is -2.00. The summed E-state index contributed by atoms with van der Waals surface area (Å²) >= 11 is 1.10. The monoisotopic (exact) mass is 284 g/mol. The van der Waals surface area contributed by atoms with E-state index in [9.17, 15) is 13.6 Å². The van der Waals surface area contributed by atoms with E-state index in [1.165, 1.54) is 29.9 Å². The Balaban J connectivity index is 2.59. The van der Waals surface area contributed by atoms with Crippen molar-refractivity contribution in [3.8, 4) is 11.3 Å². The fourth-order valence-electron chi connectivity index (χ4n) is 1.71. The largest absolute Gasteiger partial charge is 0.476 e. The number of carboxylic acids is 1. The fourth-order valence-corrected chi connectivity index (χ4v) is 2.18. The number of carboxylic acid groups (broad SMARTS) is 1. The molecule has 0 unspecified atom stereocenters. The third-order valence-electron chi connectivity index (χ3n) is 2.64. The smallest absolute Gasteiger partial charge is 0.356 e. The summed E-state index contributed by atoms with van der Waals surface area (Å²) in [6.07, 6.45) is 1.64. The van der Waals surface area contributed by atoms with Crippen LogP contribution in [-0.4, -0.2) is 27.1 Å². The van der Waals surface area contributed by atoms with Crippen molar-refractivity contribution in [1.82, 2.24) is 9.78 Å². The summed E-state index contributed by atoms with van der Waals surface area (Å²) in [5, 5.41) is 12.6. The van der Waals surface area contributed by atoms with Gasteiger partial charge in [-0.05, 0) is 24.5 Å². The molecule has 1 heterocycles. The minimum Gasteiger partial charge on any atom is -0.476 e. The summed E-state index contributed by atoms with van der Waals surface area (Å²) in [6.45, 7) is 0. The van der Waals surface area contributed by atoms with Gasteiger partial charge in [-0.15, -0.1) is 11.8 Å². The van der Waals surface area contributed by atoms with Gasteiger partial charge in [0.2, 0.25) is 0 Å². The lowest BCUT2D eigenvalue weighted by Gasteiger charge is -2.06. The van der Waals surface area contributed by atoms with Crippen molar-refractivity contribution < 1.29 is 18.7 Å². The van der Waals surface area contributed by atoms with Crippen molar-refractivity contribution in [1.29, 1.82) is 0 Å². The number of halogens is 2. The third kappa shape index (κ3) is 2.33. The van der Waals surface area contributed by atoms with Gasteiger partial charge < -0.3 is 5.11 Å². The molecule has 4 nitrogen and oxygen atoms in total. The molecule has 2 rings (SSSR count). The molecule has 19 heavy (non-hydrogen) atoms. The van der Waals surface area contributed by atoms with E-state index in [0.29, 0.717) is 0 Å². The Morgan fingerprint density at radius 3 is 2.58 bits per heavy atom. The number of nitrogens with zero attached hydrogens (tertiary/aromatic N) is 2. The topological polar surface area (TPSA) is 55.1 Å². The molecule has 100 valence electrons. The van der Waals surface area contributed by atoms with Crippen LogP contribution in [0.2, 0.25) is 0 Å². The minimum atomic E-state index is -1.22. The highest BCUT2D eigenvalue weighted by atomic mass is 32.2. The van der Waals surface area contributed by atoms with Gasteiger partial charge in [-0.2, -0.15) is 5.10 Å². The van der Waals surface area contributed by atoms with Gasteiger partial charge in [0.1, 0.15) is 0 Å². The van der Waals surface area contributed by atoms with Crippen molar-refractivity contribution in [3.63, 3.8) is 0 Å². The molecule has 0 saturated heterocycles. The summed E-state index contributed by atoms with van der Waals surface area (Å²) < 4.78 is 28.9. The average Bonchev–Trinajstić information content (AvgIpc) is 2.75. The molecule has 2 aromatic rings. The van der Waals surface area contributed by atoms with Gasteiger partial charge in [-0.3, -0.25) is 4.68 Å². The van der Waals surface area contributed by atoms with Crippen molar-refractivity contribution in [2.45, 2.75) is 4.90 Å². The van der Waals surface area contributed by atoms with Gasteiger partial charge in [0.25, 0.3) is 0 Å². The van der Waals surface area contributed by atoms with E-state index in [1.807, 2.05) is 0 Å². The third-order valence-corrected chi connectivity index (χ3v) is 3.40. The maximum absolute atomic E-state index is 13.9.